The lowest BCUT2D eigenvalue weighted by molar-refractivity contribution is -0.143. The van der Waals surface area contributed by atoms with E-state index in [1.54, 1.807) is 31.2 Å². The molecular formula is C28H25F8N3O. The van der Waals surface area contributed by atoms with Crippen molar-refractivity contribution in [3.8, 4) is 0 Å². The molecule has 214 valence electrons. The summed E-state index contributed by atoms with van der Waals surface area (Å²) in [6.45, 7) is 4.30. The highest BCUT2D eigenvalue weighted by molar-refractivity contribution is 6.01. The van der Waals surface area contributed by atoms with Crippen molar-refractivity contribution in [3.05, 3.63) is 77.9 Å². The third kappa shape index (κ3) is 5.48. The largest absolute Gasteiger partial charge is 0.416 e. The Labute approximate surface area is 224 Å². The average Bonchev–Trinajstić information content (AvgIpc) is 3.35. The van der Waals surface area contributed by atoms with Gasteiger partial charge in [0.05, 0.1) is 27.7 Å². The Bertz CT molecular complexity index is 1400. The first-order valence-electron chi connectivity index (χ1n) is 12.3. The van der Waals surface area contributed by atoms with Crippen LogP contribution in [0.1, 0.15) is 42.9 Å². The number of nitrogens with zero attached hydrogens (tertiary/aromatic N) is 2. The summed E-state index contributed by atoms with van der Waals surface area (Å²) in [7, 11) is 0. The maximum absolute atomic E-state index is 15.8. The number of allylic oxidation sites excluding steroid dienone is 1. The number of hydrogen-bond donors (Lipinski definition) is 1. The van der Waals surface area contributed by atoms with Crippen molar-refractivity contribution in [1.29, 1.82) is 0 Å². The van der Waals surface area contributed by atoms with E-state index < -0.39 is 59.8 Å². The van der Waals surface area contributed by atoms with Crippen LogP contribution in [0.3, 0.4) is 0 Å². The molecular weight excluding hydrogens is 546 g/mol. The number of nitrogens with one attached hydrogen (secondary N) is 1. The predicted molar refractivity (Wildman–Crippen MR) is 135 cm³/mol. The van der Waals surface area contributed by atoms with E-state index in [-0.39, 0.29) is 30.8 Å². The van der Waals surface area contributed by atoms with E-state index in [2.05, 4.69) is 16.9 Å². The first-order valence-corrected chi connectivity index (χ1v) is 12.3. The second-order valence-corrected chi connectivity index (χ2v) is 9.69. The molecule has 3 aromatic rings. The maximum atomic E-state index is 15.8. The number of amides is 1. The zero-order chi connectivity index (χ0) is 29.5. The Hall–Kier alpha value is -3.70. The molecule has 1 saturated heterocycles. The lowest BCUT2D eigenvalue weighted by Crippen LogP contribution is -2.47. The van der Waals surface area contributed by atoms with Gasteiger partial charge >= 0.3 is 12.4 Å². The minimum atomic E-state index is -5.19. The van der Waals surface area contributed by atoms with Crippen molar-refractivity contribution in [2.24, 2.45) is 0 Å². The molecule has 0 spiro atoms. The minimum absolute atomic E-state index is 0.0740. The molecule has 40 heavy (non-hydrogen) atoms. The first-order chi connectivity index (χ1) is 18.6. The van der Waals surface area contributed by atoms with Crippen LogP contribution in [0.25, 0.3) is 10.9 Å². The summed E-state index contributed by atoms with van der Waals surface area (Å²) in [5.74, 6) is -3.75. The monoisotopic (exact) mass is 571 g/mol. The molecule has 1 N–H and O–H groups in total. The van der Waals surface area contributed by atoms with Crippen molar-refractivity contribution in [1.82, 2.24) is 4.98 Å². The van der Waals surface area contributed by atoms with Gasteiger partial charge in [0.1, 0.15) is 5.82 Å². The fraction of sp³-hybridized carbons (Fsp3) is 0.357. The summed E-state index contributed by atoms with van der Waals surface area (Å²) in [4.78, 5) is 17.8. The van der Waals surface area contributed by atoms with E-state index in [1.807, 2.05) is 0 Å². The van der Waals surface area contributed by atoms with Crippen molar-refractivity contribution < 1.29 is 39.9 Å². The number of alkyl halides is 8. The molecule has 0 aliphatic carbocycles. The van der Waals surface area contributed by atoms with Crippen molar-refractivity contribution >= 4 is 28.3 Å². The van der Waals surface area contributed by atoms with Crippen LogP contribution in [0.4, 0.5) is 46.6 Å². The van der Waals surface area contributed by atoms with E-state index in [4.69, 9.17) is 0 Å². The summed E-state index contributed by atoms with van der Waals surface area (Å²) >= 11 is 0. The molecule has 1 atom stereocenters. The van der Waals surface area contributed by atoms with Crippen LogP contribution in [0.15, 0.2) is 61.2 Å². The number of aromatic nitrogens is 1. The zero-order valence-electron chi connectivity index (χ0n) is 21.3. The van der Waals surface area contributed by atoms with Crippen molar-refractivity contribution in [2.45, 2.75) is 49.9 Å². The number of carbonyl (C=O) groups excluding carboxylic acids is 1. The number of rotatable bonds is 7. The number of carbonyl (C=O) groups is 1. The minimum Gasteiger partial charge on any atom is -0.355 e. The summed E-state index contributed by atoms with van der Waals surface area (Å²) < 4.78 is 113. The molecule has 1 aliphatic rings. The summed E-state index contributed by atoms with van der Waals surface area (Å²) in [5.41, 5.74) is -5.56. The first kappa shape index (κ1) is 29.3. The second-order valence-electron chi connectivity index (χ2n) is 9.69. The van der Waals surface area contributed by atoms with Gasteiger partial charge in [0.2, 0.25) is 5.91 Å². The average molecular weight is 572 g/mol. The maximum Gasteiger partial charge on any atom is 0.416 e. The van der Waals surface area contributed by atoms with Gasteiger partial charge in [-0.3, -0.25) is 4.79 Å². The molecule has 1 amide bonds. The Morgan fingerprint density at radius 1 is 1.02 bits per heavy atom. The van der Waals surface area contributed by atoms with Crippen LogP contribution in [0.5, 0.6) is 0 Å². The molecule has 1 fully saturated rings. The smallest absolute Gasteiger partial charge is 0.355 e. The van der Waals surface area contributed by atoms with E-state index in [0.29, 0.717) is 28.7 Å². The summed E-state index contributed by atoms with van der Waals surface area (Å²) in [6.07, 6.45) is -10.6. The Kier molecular flexibility index (Phi) is 7.59. The van der Waals surface area contributed by atoms with E-state index >= 15 is 8.78 Å². The number of benzene rings is 2. The van der Waals surface area contributed by atoms with Crippen LogP contribution in [0.2, 0.25) is 0 Å². The van der Waals surface area contributed by atoms with Gasteiger partial charge in [0, 0.05) is 31.3 Å². The Morgan fingerprint density at radius 2 is 1.68 bits per heavy atom. The predicted octanol–water partition coefficient (Wildman–Crippen LogP) is 7.98. The fourth-order valence-electron chi connectivity index (χ4n) is 5.03. The summed E-state index contributed by atoms with van der Waals surface area (Å²) in [5, 5.41) is 3.31. The number of pyridine rings is 1. The molecule has 0 bridgehead atoms. The van der Waals surface area contributed by atoms with Gasteiger partial charge in [-0.25, -0.2) is 13.8 Å². The molecule has 0 radical (unpaired) electrons. The van der Waals surface area contributed by atoms with Gasteiger partial charge in [-0.05, 0) is 54.4 Å². The highest BCUT2D eigenvalue weighted by Gasteiger charge is 2.58. The van der Waals surface area contributed by atoms with Crippen LogP contribution in [-0.4, -0.2) is 29.9 Å². The molecule has 12 heteroatoms. The second kappa shape index (κ2) is 10.4. The Morgan fingerprint density at radius 3 is 2.25 bits per heavy atom. The standard InChI is InChI=1S/C28H25F8N3O/c1-3-10-26(29,30)25(17-13-18(27(31,32)33)15-19(14-17)28(34,35)36)11-12-39(16-25)23-9-8-20-21(37-23)6-5-7-22(20)38-24(40)4-2/h3,5-9,13-15H,1,4,10-12,16H2,2H3,(H,38,40). The lowest BCUT2D eigenvalue weighted by Gasteiger charge is -2.38. The number of halogens is 8. The zero-order valence-corrected chi connectivity index (χ0v) is 21.3. The molecule has 1 unspecified atom stereocenters. The van der Waals surface area contributed by atoms with Crippen molar-refractivity contribution in [2.75, 3.05) is 23.3 Å². The van der Waals surface area contributed by atoms with Gasteiger partial charge in [0.15, 0.2) is 0 Å². The highest BCUT2D eigenvalue weighted by atomic mass is 19.4. The molecule has 4 rings (SSSR count). The van der Waals surface area contributed by atoms with Gasteiger partial charge in [-0.2, -0.15) is 26.3 Å². The SMILES string of the molecule is C=CCC(F)(F)C1(c2cc(C(F)(F)F)cc(C(F)(F)F)c2)CCN(c2ccc3c(NC(=O)CC)cccc3n2)C1. The van der Waals surface area contributed by atoms with Crippen LogP contribution in [-0.2, 0) is 22.6 Å². The van der Waals surface area contributed by atoms with Crippen LogP contribution in [0, 0.1) is 0 Å². The molecule has 0 saturated carbocycles. The molecule has 1 aromatic heterocycles. The van der Waals surface area contributed by atoms with Gasteiger partial charge < -0.3 is 10.2 Å². The number of hydrogen-bond acceptors (Lipinski definition) is 3. The van der Waals surface area contributed by atoms with Gasteiger partial charge in [0.25, 0.3) is 5.92 Å². The molecule has 2 aromatic carbocycles. The summed E-state index contributed by atoms with van der Waals surface area (Å²) in [6, 6.07) is 8.76. The topological polar surface area (TPSA) is 45.2 Å². The number of anilines is 2. The van der Waals surface area contributed by atoms with E-state index in [1.165, 1.54) is 11.0 Å². The lowest BCUT2D eigenvalue weighted by atomic mass is 9.72. The molecule has 1 aliphatic heterocycles. The van der Waals surface area contributed by atoms with Crippen LogP contribution < -0.4 is 10.2 Å². The normalized spacial score (nSPS) is 18.3. The highest BCUT2D eigenvalue weighted by Crippen LogP contribution is 2.51. The van der Waals surface area contributed by atoms with E-state index in [0.717, 1.165) is 6.08 Å². The van der Waals surface area contributed by atoms with Crippen LogP contribution >= 0.6 is 0 Å². The van der Waals surface area contributed by atoms with Gasteiger partial charge in [-0.1, -0.05) is 19.1 Å². The third-order valence-electron chi connectivity index (χ3n) is 7.15. The number of fused-ring (bicyclic) bond motifs is 1. The van der Waals surface area contributed by atoms with Crippen molar-refractivity contribution in [3.63, 3.8) is 0 Å². The Balaban J connectivity index is 1.81. The molecule has 2 heterocycles. The molecule has 4 nitrogen and oxygen atoms in total. The van der Waals surface area contributed by atoms with E-state index in [9.17, 15) is 31.1 Å². The fourth-order valence-corrected chi connectivity index (χ4v) is 5.03. The van der Waals surface area contributed by atoms with Gasteiger partial charge in [-0.15, -0.1) is 6.58 Å². The third-order valence-corrected chi connectivity index (χ3v) is 7.15. The quantitative estimate of drug-likeness (QED) is 0.231.